The molecule has 0 aliphatic carbocycles. The van der Waals surface area contributed by atoms with E-state index in [0.29, 0.717) is 5.56 Å². The van der Waals surface area contributed by atoms with E-state index in [2.05, 4.69) is 25.9 Å². The van der Waals surface area contributed by atoms with Crippen LogP contribution in [-0.2, 0) is 0 Å². The Kier molecular flexibility index (Phi) is 5.66. The summed E-state index contributed by atoms with van der Waals surface area (Å²) in [4.78, 5) is 20.7. The second kappa shape index (κ2) is 8.87. The van der Waals surface area contributed by atoms with Crippen LogP contribution in [0.1, 0.15) is 16.1 Å². The number of nitrogens with one attached hydrogen (secondary N) is 3. The number of carbonyl (C=O) groups excluding carboxylic acids is 1. The number of rotatable bonds is 6. The maximum atomic E-state index is 12.5. The molecule has 0 saturated carbocycles. The molecule has 0 fully saturated rings. The van der Waals surface area contributed by atoms with E-state index >= 15 is 0 Å². The second-order valence-electron chi connectivity index (χ2n) is 6.78. The van der Waals surface area contributed by atoms with Crippen molar-refractivity contribution in [3.8, 4) is 0 Å². The van der Waals surface area contributed by atoms with E-state index in [-0.39, 0.29) is 5.91 Å². The Morgan fingerprint density at radius 3 is 1.87 bits per heavy atom. The average molecular weight is 395 g/mol. The molecule has 4 rings (SSSR count). The lowest BCUT2D eigenvalue weighted by Gasteiger charge is -2.10. The first-order valence-corrected chi connectivity index (χ1v) is 9.54. The Bertz CT molecular complexity index is 1130. The fraction of sp³-hybridized carbons (Fsp3) is 0.0417. The van der Waals surface area contributed by atoms with Crippen molar-refractivity contribution in [1.82, 2.24) is 9.97 Å². The van der Waals surface area contributed by atoms with Crippen molar-refractivity contribution in [2.45, 2.75) is 6.92 Å². The summed E-state index contributed by atoms with van der Waals surface area (Å²) in [7, 11) is 0. The Labute approximate surface area is 175 Å². The van der Waals surface area contributed by atoms with E-state index < -0.39 is 0 Å². The molecule has 6 nitrogen and oxygen atoms in total. The molecule has 1 amide bonds. The molecule has 0 saturated heterocycles. The van der Waals surface area contributed by atoms with E-state index in [0.717, 1.165) is 34.1 Å². The molecular weight excluding hydrogens is 374 g/mol. The standard InChI is InChI=1S/C24H21N5O/c1-17-16-23(12-15-26-17)28-20-6-8-21(9-7-20)29-24(30)18-2-4-19(5-3-18)27-22-10-13-25-14-11-22/h2-16H,1H3,(H,25,27)(H,26,28)(H,29,30). The minimum atomic E-state index is -0.157. The van der Waals surface area contributed by atoms with Gasteiger partial charge in [0.25, 0.3) is 5.91 Å². The highest BCUT2D eigenvalue weighted by atomic mass is 16.1. The lowest BCUT2D eigenvalue weighted by Crippen LogP contribution is -2.11. The SMILES string of the molecule is Cc1cc(Nc2ccc(NC(=O)c3ccc(Nc4ccncc4)cc3)cc2)ccn1. The summed E-state index contributed by atoms with van der Waals surface area (Å²) >= 11 is 0. The van der Waals surface area contributed by atoms with Crippen LogP contribution in [-0.4, -0.2) is 15.9 Å². The summed E-state index contributed by atoms with van der Waals surface area (Å²) in [5, 5.41) is 9.51. The zero-order chi connectivity index (χ0) is 20.8. The molecular formula is C24H21N5O. The molecule has 0 aliphatic rings. The topological polar surface area (TPSA) is 78.9 Å². The molecule has 148 valence electrons. The molecule has 0 atom stereocenters. The van der Waals surface area contributed by atoms with Crippen LogP contribution in [0.4, 0.5) is 28.4 Å². The molecule has 4 aromatic rings. The van der Waals surface area contributed by atoms with Gasteiger partial charge in [0.1, 0.15) is 0 Å². The van der Waals surface area contributed by atoms with Gasteiger partial charge in [0, 0.05) is 58.3 Å². The Morgan fingerprint density at radius 2 is 1.20 bits per heavy atom. The van der Waals surface area contributed by atoms with E-state index in [9.17, 15) is 4.79 Å². The first kappa shape index (κ1) is 19.1. The molecule has 2 heterocycles. The highest BCUT2D eigenvalue weighted by Crippen LogP contribution is 2.20. The number of hydrogen-bond donors (Lipinski definition) is 3. The van der Waals surface area contributed by atoms with Crippen LogP contribution in [0, 0.1) is 6.92 Å². The number of pyridine rings is 2. The van der Waals surface area contributed by atoms with Crippen molar-refractivity contribution >= 4 is 34.3 Å². The van der Waals surface area contributed by atoms with Gasteiger partial charge in [0.2, 0.25) is 0 Å². The van der Waals surface area contributed by atoms with Crippen LogP contribution in [0.3, 0.4) is 0 Å². The van der Waals surface area contributed by atoms with E-state index in [4.69, 9.17) is 0 Å². The summed E-state index contributed by atoms with van der Waals surface area (Å²) in [5.41, 5.74) is 6.02. The van der Waals surface area contributed by atoms with Gasteiger partial charge in [-0.25, -0.2) is 0 Å². The maximum Gasteiger partial charge on any atom is 0.255 e. The highest BCUT2D eigenvalue weighted by molar-refractivity contribution is 6.04. The van der Waals surface area contributed by atoms with Crippen molar-refractivity contribution in [2.75, 3.05) is 16.0 Å². The van der Waals surface area contributed by atoms with Gasteiger partial charge in [0.05, 0.1) is 0 Å². The number of benzene rings is 2. The minimum absolute atomic E-state index is 0.157. The van der Waals surface area contributed by atoms with E-state index in [1.807, 2.05) is 67.6 Å². The molecule has 0 aliphatic heterocycles. The monoisotopic (exact) mass is 395 g/mol. The maximum absolute atomic E-state index is 12.5. The van der Waals surface area contributed by atoms with Gasteiger partial charge in [-0.1, -0.05) is 0 Å². The van der Waals surface area contributed by atoms with Crippen LogP contribution in [0.15, 0.2) is 91.4 Å². The normalized spacial score (nSPS) is 10.3. The number of aryl methyl sites for hydroxylation is 1. The summed E-state index contributed by atoms with van der Waals surface area (Å²) in [6.45, 7) is 1.95. The molecule has 3 N–H and O–H groups in total. The lowest BCUT2D eigenvalue weighted by molar-refractivity contribution is 0.102. The van der Waals surface area contributed by atoms with Crippen LogP contribution >= 0.6 is 0 Å². The van der Waals surface area contributed by atoms with Crippen molar-refractivity contribution in [1.29, 1.82) is 0 Å². The van der Waals surface area contributed by atoms with E-state index in [1.54, 1.807) is 30.7 Å². The van der Waals surface area contributed by atoms with Crippen molar-refractivity contribution in [3.05, 3.63) is 103 Å². The third kappa shape index (κ3) is 4.99. The molecule has 0 spiro atoms. The number of carbonyl (C=O) groups is 1. The van der Waals surface area contributed by atoms with Crippen LogP contribution in [0.25, 0.3) is 0 Å². The fourth-order valence-electron chi connectivity index (χ4n) is 2.94. The number of nitrogens with zero attached hydrogens (tertiary/aromatic N) is 2. The van der Waals surface area contributed by atoms with Crippen molar-refractivity contribution < 1.29 is 4.79 Å². The predicted molar refractivity (Wildman–Crippen MR) is 121 cm³/mol. The van der Waals surface area contributed by atoms with Gasteiger partial charge in [-0.15, -0.1) is 0 Å². The van der Waals surface area contributed by atoms with Gasteiger partial charge < -0.3 is 16.0 Å². The van der Waals surface area contributed by atoms with E-state index in [1.165, 1.54) is 0 Å². The number of anilines is 5. The largest absolute Gasteiger partial charge is 0.355 e. The average Bonchev–Trinajstić information content (AvgIpc) is 2.76. The third-order valence-corrected chi connectivity index (χ3v) is 4.44. The van der Waals surface area contributed by atoms with Crippen LogP contribution in [0.5, 0.6) is 0 Å². The zero-order valence-electron chi connectivity index (χ0n) is 16.5. The third-order valence-electron chi connectivity index (χ3n) is 4.44. The Balaban J connectivity index is 1.36. The van der Waals surface area contributed by atoms with Crippen LogP contribution < -0.4 is 16.0 Å². The molecule has 2 aromatic heterocycles. The first-order chi connectivity index (χ1) is 14.7. The smallest absolute Gasteiger partial charge is 0.255 e. The van der Waals surface area contributed by atoms with Gasteiger partial charge in [0.15, 0.2) is 0 Å². The first-order valence-electron chi connectivity index (χ1n) is 9.54. The quantitative estimate of drug-likeness (QED) is 0.400. The summed E-state index contributed by atoms with van der Waals surface area (Å²) < 4.78 is 0. The Hall–Kier alpha value is -4.19. The molecule has 2 aromatic carbocycles. The van der Waals surface area contributed by atoms with Gasteiger partial charge in [-0.3, -0.25) is 14.8 Å². The second-order valence-corrected chi connectivity index (χ2v) is 6.78. The number of hydrogen-bond acceptors (Lipinski definition) is 5. The van der Waals surface area contributed by atoms with Gasteiger partial charge in [-0.05, 0) is 79.7 Å². The molecule has 0 unspecified atom stereocenters. The molecule has 0 radical (unpaired) electrons. The van der Waals surface area contributed by atoms with Crippen LogP contribution in [0.2, 0.25) is 0 Å². The molecule has 6 heteroatoms. The lowest BCUT2D eigenvalue weighted by atomic mass is 10.2. The number of aromatic nitrogens is 2. The Morgan fingerprint density at radius 1 is 0.667 bits per heavy atom. The summed E-state index contributed by atoms with van der Waals surface area (Å²) in [6.07, 6.45) is 5.22. The summed E-state index contributed by atoms with van der Waals surface area (Å²) in [6, 6.07) is 22.6. The zero-order valence-corrected chi connectivity index (χ0v) is 16.5. The molecule has 0 bridgehead atoms. The highest BCUT2D eigenvalue weighted by Gasteiger charge is 2.06. The molecule has 30 heavy (non-hydrogen) atoms. The minimum Gasteiger partial charge on any atom is -0.355 e. The fourth-order valence-corrected chi connectivity index (χ4v) is 2.94. The van der Waals surface area contributed by atoms with Gasteiger partial charge >= 0.3 is 0 Å². The van der Waals surface area contributed by atoms with Crippen molar-refractivity contribution in [2.24, 2.45) is 0 Å². The van der Waals surface area contributed by atoms with Crippen molar-refractivity contribution in [3.63, 3.8) is 0 Å². The predicted octanol–water partition coefficient (Wildman–Crippen LogP) is 5.52. The van der Waals surface area contributed by atoms with Gasteiger partial charge in [-0.2, -0.15) is 0 Å². The summed E-state index contributed by atoms with van der Waals surface area (Å²) in [5.74, 6) is -0.157. The number of amides is 1.